The van der Waals surface area contributed by atoms with E-state index in [4.69, 9.17) is 16.3 Å². The Hall–Kier alpha value is -2.05. The van der Waals surface area contributed by atoms with Crippen molar-refractivity contribution in [2.24, 2.45) is 0 Å². The van der Waals surface area contributed by atoms with E-state index in [9.17, 15) is 14.0 Å². The van der Waals surface area contributed by atoms with E-state index in [1.54, 1.807) is 36.4 Å². The summed E-state index contributed by atoms with van der Waals surface area (Å²) < 4.78 is 18.6. The second-order valence-corrected chi connectivity index (χ2v) is 7.69. The third-order valence-electron chi connectivity index (χ3n) is 4.18. The third kappa shape index (κ3) is 4.45. The molecule has 0 N–H and O–H groups in total. The minimum Gasteiger partial charge on any atom is -0.464 e. The molecule has 2 atom stereocenters. The number of rotatable bonds is 5. The molecule has 1 amide bonds. The molecule has 0 spiro atoms. The average Bonchev–Trinajstić information content (AvgIpc) is 3.11. The van der Waals surface area contributed by atoms with Gasteiger partial charge in [-0.15, -0.1) is 11.8 Å². The van der Waals surface area contributed by atoms with Gasteiger partial charge < -0.3 is 9.64 Å². The lowest BCUT2D eigenvalue weighted by Gasteiger charge is -2.28. The molecular formula is C20H19ClFNO3S. The summed E-state index contributed by atoms with van der Waals surface area (Å²) in [5.41, 5.74) is 1.15. The summed E-state index contributed by atoms with van der Waals surface area (Å²) >= 11 is 7.48. The summed E-state index contributed by atoms with van der Waals surface area (Å²) in [7, 11) is 0. The van der Waals surface area contributed by atoms with Crippen LogP contribution in [0.2, 0.25) is 5.02 Å². The molecule has 1 fully saturated rings. The predicted octanol–water partition coefficient (Wildman–Crippen LogP) is 4.69. The van der Waals surface area contributed by atoms with Crippen molar-refractivity contribution in [2.75, 3.05) is 12.4 Å². The van der Waals surface area contributed by atoms with Crippen LogP contribution in [0.5, 0.6) is 0 Å². The minimum atomic E-state index is -0.705. The van der Waals surface area contributed by atoms with Crippen LogP contribution in [-0.2, 0) is 9.53 Å². The highest BCUT2D eigenvalue weighted by Crippen LogP contribution is 2.42. The first kappa shape index (κ1) is 19.7. The molecule has 1 saturated heterocycles. The number of hydrogen-bond acceptors (Lipinski definition) is 4. The maximum absolute atomic E-state index is 13.3. The fourth-order valence-corrected chi connectivity index (χ4v) is 4.49. The van der Waals surface area contributed by atoms with E-state index in [0.29, 0.717) is 29.4 Å². The third-order valence-corrected chi connectivity index (χ3v) is 5.74. The van der Waals surface area contributed by atoms with Crippen LogP contribution in [-0.4, -0.2) is 35.2 Å². The minimum absolute atomic E-state index is 0.306. The van der Waals surface area contributed by atoms with Gasteiger partial charge in [0.2, 0.25) is 0 Å². The maximum atomic E-state index is 13.3. The Morgan fingerprint density at radius 1 is 1.26 bits per heavy atom. The largest absolute Gasteiger partial charge is 0.464 e. The normalized spacial score (nSPS) is 19.1. The fourth-order valence-electron chi connectivity index (χ4n) is 2.89. The molecule has 4 nitrogen and oxygen atoms in total. The Labute approximate surface area is 166 Å². The van der Waals surface area contributed by atoms with Crippen LogP contribution in [0.25, 0.3) is 0 Å². The van der Waals surface area contributed by atoms with Gasteiger partial charge in [-0.2, -0.15) is 0 Å². The Morgan fingerprint density at radius 3 is 2.67 bits per heavy atom. The quantitative estimate of drug-likeness (QED) is 0.674. The number of nitrogens with zero attached hydrogens (tertiary/aromatic N) is 1. The number of halogens is 2. The summed E-state index contributed by atoms with van der Waals surface area (Å²) in [5.74, 6) is -0.676. The second kappa shape index (κ2) is 8.76. The molecule has 2 aromatic rings. The smallest absolute Gasteiger partial charge is 0.329 e. The van der Waals surface area contributed by atoms with Gasteiger partial charge in [-0.3, -0.25) is 4.79 Å². The van der Waals surface area contributed by atoms with Crippen molar-refractivity contribution in [1.82, 2.24) is 4.90 Å². The van der Waals surface area contributed by atoms with E-state index in [2.05, 4.69) is 0 Å². The van der Waals surface area contributed by atoms with E-state index >= 15 is 0 Å². The van der Waals surface area contributed by atoms with Crippen molar-refractivity contribution in [1.29, 1.82) is 0 Å². The first-order valence-electron chi connectivity index (χ1n) is 8.63. The number of esters is 1. The topological polar surface area (TPSA) is 46.6 Å². The van der Waals surface area contributed by atoms with Gasteiger partial charge in [0, 0.05) is 16.3 Å². The maximum Gasteiger partial charge on any atom is 0.329 e. The molecule has 7 heteroatoms. The first-order valence-corrected chi connectivity index (χ1v) is 10.1. The number of hydrogen-bond donors (Lipinski definition) is 0. The van der Waals surface area contributed by atoms with Crippen LogP contribution in [0, 0.1) is 5.82 Å². The zero-order valence-corrected chi connectivity index (χ0v) is 16.3. The zero-order chi connectivity index (χ0) is 19.4. The van der Waals surface area contributed by atoms with Gasteiger partial charge in [0.25, 0.3) is 5.91 Å². The van der Waals surface area contributed by atoms with Crippen LogP contribution in [0.1, 0.15) is 34.6 Å². The van der Waals surface area contributed by atoms with Crippen molar-refractivity contribution in [2.45, 2.75) is 24.8 Å². The Bertz CT molecular complexity index is 830. The van der Waals surface area contributed by atoms with E-state index in [-0.39, 0.29) is 11.7 Å². The number of carbonyl (C=O) groups excluding carboxylic acids is 2. The summed E-state index contributed by atoms with van der Waals surface area (Å²) in [4.78, 5) is 27.3. The molecule has 0 aliphatic carbocycles. The molecule has 1 aliphatic heterocycles. The van der Waals surface area contributed by atoms with Crippen LogP contribution in [0.15, 0.2) is 48.5 Å². The lowest BCUT2D eigenvalue weighted by molar-refractivity contribution is -0.148. The SMILES string of the molecule is CCCOC(=O)C1CSC(c2ccc(F)cc2)N1C(=O)c1cccc(Cl)c1. The Morgan fingerprint density at radius 2 is 2.00 bits per heavy atom. The fraction of sp³-hybridized carbons (Fsp3) is 0.300. The van der Waals surface area contributed by atoms with Gasteiger partial charge in [-0.1, -0.05) is 36.7 Å². The highest BCUT2D eigenvalue weighted by atomic mass is 35.5. The van der Waals surface area contributed by atoms with Crippen molar-refractivity contribution < 1.29 is 18.7 Å². The van der Waals surface area contributed by atoms with E-state index in [0.717, 1.165) is 5.56 Å². The lowest BCUT2D eigenvalue weighted by Crippen LogP contribution is -2.44. The summed E-state index contributed by atoms with van der Waals surface area (Å²) in [6.45, 7) is 2.22. The summed E-state index contributed by atoms with van der Waals surface area (Å²) in [6, 6.07) is 11.9. The monoisotopic (exact) mass is 407 g/mol. The summed E-state index contributed by atoms with van der Waals surface area (Å²) in [6.07, 6.45) is 0.704. The first-order chi connectivity index (χ1) is 13.0. The van der Waals surface area contributed by atoms with Crippen molar-refractivity contribution in [3.63, 3.8) is 0 Å². The molecule has 2 aromatic carbocycles. The molecule has 0 radical (unpaired) electrons. The predicted molar refractivity (Wildman–Crippen MR) is 104 cm³/mol. The van der Waals surface area contributed by atoms with Gasteiger partial charge in [-0.25, -0.2) is 9.18 Å². The molecule has 2 unspecified atom stereocenters. The lowest BCUT2D eigenvalue weighted by atomic mass is 10.1. The molecule has 1 heterocycles. The zero-order valence-electron chi connectivity index (χ0n) is 14.7. The molecule has 142 valence electrons. The second-order valence-electron chi connectivity index (χ2n) is 6.14. The standard InChI is InChI=1S/C20H19ClFNO3S/c1-2-10-26-20(25)17-12-27-19(13-6-8-16(22)9-7-13)23(17)18(24)14-4-3-5-15(21)11-14/h3-9,11,17,19H,2,10,12H2,1H3. The number of benzene rings is 2. The van der Waals surface area contributed by atoms with Gasteiger partial charge in [0.15, 0.2) is 0 Å². The van der Waals surface area contributed by atoms with Gasteiger partial charge >= 0.3 is 5.97 Å². The molecule has 3 rings (SSSR count). The summed E-state index contributed by atoms with van der Waals surface area (Å²) in [5, 5.41) is 0.0346. The van der Waals surface area contributed by atoms with Crippen LogP contribution in [0.3, 0.4) is 0 Å². The van der Waals surface area contributed by atoms with Crippen molar-refractivity contribution in [3.8, 4) is 0 Å². The number of amides is 1. The number of thioether (sulfide) groups is 1. The van der Waals surface area contributed by atoms with E-state index in [1.165, 1.54) is 28.8 Å². The van der Waals surface area contributed by atoms with E-state index in [1.807, 2.05) is 6.92 Å². The molecular weight excluding hydrogens is 389 g/mol. The highest BCUT2D eigenvalue weighted by molar-refractivity contribution is 7.99. The van der Waals surface area contributed by atoms with Crippen LogP contribution < -0.4 is 0 Å². The Balaban J connectivity index is 1.94. The van der Waals surface area contributed by atoms with Gasteiger partial charge in [0.05, 0.1) is 6.61 Å². The number of ether oxygens (including phenoxy) is 1. The highest BCUT2D eigenvalue weighted by Gasteiger charge is 2.43. The van der Waals surface area contributed by atoms with Gasteiger partial charge in [0.1, 0.15) is 17.2 Å². The molecule has 0 saturated carbocycles. The average molecular weight is 408 g/mol. The van der Waals surface area contributed by atoms with Crippen molar-refractivity contribution >= 4 is 35.2 Å². The Kier molecular flexibility index (Phi) is 6.39. The molecule has 1 aliphatic rings. The van der Waals surface area contributed by atoms with Gasteiger partial charge in [-0.05, 0) is 42.3 Å². The molecule has 0 bridgehead atoms. The van der Waals surface area contributed by atoms with E-state index < -0.39 is 17.4 Å². The number of carbonyl (C=O) groups is 2. The van der Waals surface area contributed by atoms with Crippen molar-refractivity contribution in [3.05, 3.63) is 70.5 Å². The van der Waals surface area contributed by atoms with Crippen LogP contribution >= 0.6 is 23.4 Å². The molecule has 27 heavy (non-hydrogen) atoms. The molecule has 0 aromatic heterocycles. The van der Waals surface area contributed by atoms with Crippen LogP contribution in [0.4, 0.5) is 4.39 Å².